The van der Waals surface area contributed by atoms with Crippen molar-refractivity contribution in [1.82, 2.24) is 10.3 Å². The van der Waals surface area contributed by atoms with Crippen molar-refractivity contribution < 1.29 is 4.39 Å². The van der Waals surface area contributed by atoms with Gasteiger partial charge in [0.2, 0.25) is 0 Å². The van der Waals surface area contributed by atoms with Crippen molar-refractivity contribution in [2.75, 3.05) is 6.54 Å². The molecule has 19 heavy (non-hydrogen) atoms. The number of benzene rings is 1. The monoisotopic (exact) mass is 278 g/mol. The summed E-state index contributed by atoms with van der Waals surface area (Å²) < 4.78 is 13.2. The number of hydrogen-bond acceptors (Lipinski definition) is 3. The van der Waals surface area contributed by atoms with Crippen LogP contribution in [0.25, 0.3) is 0 Å². The van der Waals surface area contributed by atoms with Crippen LogP contribution in [0.2, 0.25) is 0 Å². The molecule has 1 aromatic heterocycles. The number of likely N-dealkylation sites (N-methyl/N-ethyl adjacent to an activating group) is 1. The van der Waals surface area contributed by atoms with Crippen LogP contribution in [-0.4, -0.2) is 11.5 Å². The van der Waals surface area contributed by atoms with Crippen LogP contribution in [0.1, 0.15) is 34.8 Å². The van der Waals surface area contributed by atoms with E-state index in [9.17, 15) is 4.39 Å². The summed E-state index contributed by atoms with van der Waals surface area (Å²) in [5.74, 6) is -0.180. The summed E-state index contributed by atoms with van der Waals surface area (Å²) in [6, 6.07) is 5.18. The van der Waals surface area contributed by atoms with Gasteiger partial charge in [-0.3, -0.25) is 0 Å². The van der Waals surface area contributed by atoms with E-state index in [-0.39, 0.29) is 11.9 Å². The molecule has 2 nitrogen and oxygen atoms in total. The molecule has 4 heteroatoms. The molecule has 2 rings (SSSR count). The summed E-state index contributed by atoms with van der Waals surface area (Å²) in [5, 5.41) is 6.64. The number of nitrogens with zero attached hydrogens (tertiary/aromatic N) is 1. The highest BCUT2D eigenvalue weighted by Crippen LogP contribution is 2.23. The number of nitrogens with one attached hydrogen (secondary N) is 1. The Bertz CT molecular complexity index is 551. The van der Waals surface area contributed by atoms with Gasteiger partial charge in [-0.2, -0.15) is 0 Å². The molecule has 0 spiro atoms. The Morgan fingerprint density at radius 2 is 2.16 bits per heavy atom. The van der Waals surface area contributed by atoms with Crippen molar-refractivity contribution in [3.05, 3.63) is 51.2 Å². The van der Waals surface area contributed by atoms with Gasteiger partial charge in [-0.15, -0.1) is 11.3 Å². The van der Waals surface area contributed by atoms with E-state index in [1.165, 1.54) is 6.07 Å². The van der Waals surface area contributed by atoms with E-state index >= 15 is 0 Å². The molecule has 0 saturated heterocycles. The highest BCUT2D eigenvalue weighted by Gasteiger charge is 2.15. The molecule has 1 heterocycles. The van der Waals surface area contributed by atoms with Gasteiger partial charge in [-0.1, -0.05) is 13.0 Å². The summed E-state index contributed by atoms with van der Waals surface area (Å²) in [5.41, 5.74) is 3.23. The van der Waals surface area contributed by atoms with Gasteiger partial charge in [0.25, 0.3) is 0 Å². The second-order valence-electron chi connectivity index (χ2n) is 4.67. The zero-order valence-corrected chi connectivity index (χ0v) is 12.4. The lowest BCUT2D eigenvalue weighted by atomic mass is 9.97. The standard InChI is InChI=1S/C15H19FN2S/c1-4-17-15(8-13-9-19-11(3)18-13)14-6-5-12(16)7-10(14)2/h5-7,9,15,17H,4,8H2,1-3H3. The number of rotatable bonds is 5. The Kier molecular flexibility index (Phi) is 4.66. The molecule has 0 radical (unpaired) electrons. The summed E-state index contributed by atoms with van der Waals surface area (Å²) in [6.07, 6.45) is 0.838. The van der Waals surface area contributed by atoms with Gasteiger partial charge < -0.3 is 5.32 Å². The molecule has 1 N–H and O–H groups in total. The molecule has 0 saturated carbocycles. The normalized spacial score (nSPS) is 12.6. The lowest BCUT2D eigenvalue weighted by Gasteiger charge is -2.19. The predicted molar refractivity (Wildman–Crippen MR) is 78.1 cm³/mol. The molecule has 1 atom stereocenters. The van der Waals surface area contributed by atoms with E-state index in [4.69, 9.17) is 0 Å². The van der Waals surface area contributed by atoms with Crippen LogP contribution in [0.4, 0.5) is 4.39 Å². The molecule has 102 valence electrons. The maximum atomic E-state index is 13.2. The highest BCUT2D eigenvalue weighted by molar-refractivity contribution is 7.09. The van der Waals surface area contributed by atoms with E-state index in [1.54, 1.807) is 17.4 Å². The molecule has 1 unspecified atom stereocenters. The second-order valence-corrected chi connectivity index (χ2v) is 5.74. The lowest BCUT2D eigenvalue weighted by molar-refractivity contribution is 0.540. The Labute approximate surface area is 117 Å². The molecule has 2 aromatic rings. The van der Waals surface area contributed by atoms with E-state index in [1.807, 2.05) is 19.9 Å². The SMILES string of the molecule is CCNC(Cc1csc(C)n1)c1ccc(F)cc1C. The Hall–Kier alpha value is -1.26. The first-order valence-electron chi connectivity index (χ1n) is 6.50. The number of thiazole rings is 1. The third-order valence-corrected chi connectivity index (χ3v) is 3.96. The fraction of sp³-hybridized carbons (Fsp3) is 0.400. The Balaban J connectivity index is 2.23. The van der Waals surface area contributed by atoms with Crippen LogP contribution in [-0.2, 0) is 6.42 Å². The van der Waals surface area contributed by atoms with Gasteiger partial charge in [0.1, 0.15) is 5.82 Å². The van der Waals surface area contributed by atoms with Gasteiger partial charge in [0.05, 0.1) is 10.7 Å². The van der Waals surface area contributed by atoms with E-state index in [0.717, 1.165) is 34.8 Å². The molecule has 0 bridgehead atoms. The molecule has 1 aromatic carbocycles. The number of aryl methyl sites for hydroxylation is 2. The quantitative estimate of drug-likeness (QED) is 0.900. The summed E-state index contributed by atoms with van der Waals surface area (Å²) in [4.78, 5) is 4.51. The third-order valence-electron chi connectivity index (χ3n) is 3.14. The predicted octanol–water partition coefficient (Wildman–Crippen LogP) is 3.79. The van der Waals surface area contributed by atoms with Gasteiger partial charge >= 0.3 is 0 Å². The van der Waals surface area contributed by atoms with Gasteiger partial charge in [-0.25, -0.2) is 9.37 Å². The largest absolute Gasteiger partial charge is 0.310 e. The first-order valence-corrected chi connectivity index (χ1v) is 7.38. The average molecular weight is 278 g/mol. The zero-order valence-electron chi connectivity index (χ0n) is 11.5. The van der Waals surface area contributed by atoms with E-state index in [2.05, 4.69) is 22.6 Å². The zero-order chi connectivity index (χ0) is 13.8. The smallest absolute Gasteiger partial charge is 0.123 e. The van der Waals surface area contributed by atoms with Crippen LogP contribution < -0.4 is 5.32 Å². The number of hydrogen-bond donors (Lipinski definition) is 1. The van der Waals surface area contributed by atoms with Crippen LogP contribution in [0.3, 0.4) is 0 Å². The molecule has 0 aliphatic rings. The Morgan fingerprint density at radius 3 is 2.74 bits per heavy atom. The minimum atomic E-state index is -0.180. The van der Waals surface area contributed by atoms with Gasteiger partial charge in [0, 0.05) is 17.8 Å². The fourth-order valence-corrected chi connectivity index (χ4v) is 2.91. The van der Waals surface area contributed by atoms with Crippen molar-refractivity contribution in [1.29, 1.82) is 0 Å². The van der Waals surface area contributed by atoms with Crippen LogP contribution in [0.5, 0.6) is 0 Å². The molecular formula is C15H19FN2S. The minimum Gasteiger partial charge on any atom is -0.310 e. The maximum absolute atomic E-state index is 13.2. The van der Waals surface area contributed by atoms with Gasteiger partial charge in [-0.05, 0) is 43.7 Å². The Morgan fingerprint density at radius 1 is 1.37 bits per heavy atom. The van der Waals surface area contributed by atoms with Crippen molar-refractivity contribution in [3.63, 3.8) is 0 Å². The molecule has 0 fully saturated rings. The van der Waals surface area contributed by atoms with Gasteiger partial charge in [0.15, 0.2) is 0 Å². The second kappa shape index (κ2) is 6.26. The topological polar surface area (TPSA) is 24.9 Å². The van der Waals surface area contributed by atoms with Crippen molar-refractivity contribution in [2.45, 2.75) is 33.2 Å². The average Bonchev–Trinajstić information content (AvgIpc) is 2.74. The number of aromatic nitrogens is 1. The van der Waals surface area contributed by atoms with E-state index in [0.29, 0.717) is 0 Å². The fourth-order valence-electron chi connectivity index (χ4n) is 2.28. The van der Waals surface area contributed by atoms with Crippen LogP contribution in [0.15, 0.2) is 23.6 Å². The molecule has 0 aliphatic carbocycles. The summed E-state index contributed by atoms with van der Waals surface area (Å²) in [6.45, 7) is 6.93. The van der Waals surface area contributed by atoms with E-state index < -0.39 is 0 Å². The lowest BCUT2D eigenvalue weighted by Crippen LogP contribution is -2.24. The highest BCUT2D eigenvalue weighted by atomic mass is 32.1. The molecule has 0 amide bonds. The first kappa shape index (κ1) is 14.2. The first-order chi connectivity index (χ1) is 9.10. The minimum absolute atomic E-state index is 0.180. The third kappa shape index (κ3) is 3.61. The van der Waals surface area contributed by atoms with Crippen molar-refractivity contribution in [3.8, 4) is 0 Å². The van der Waals surface area contributed by atoms with Crippen LogP contribution in [0, 0.1) is 19.7 Å². The molecular weight excluding hydrogens is 259 g/mol. The maximum Gasteiger partial charge on any atom is 0.123 e. The van der Waals surface area contributed by atoms with Crippen molar-refractivity contribution >= 4 is 11.3 Å². The van der Waals surface area contributed by atoms with Crippen LogP contribution >= 0.6 is 11.3 Å². The number of halogens is 1. The summed E-state index contributed by atoms with van der Waals surface area (Å²) in [7, 11) is 0. The molecule has 0 aliphatic heterocycles. The van der Waals surface area contributed by atoms with Crippen molar-refractivity contribution in [2.24, 2.45) is 0 Å². The summed E-state index contributed by atoms with van der Waals surface area (Å²) >= 11 is 1.67.